The van der Waals surface area contributed by atoms with E-state index in [9.17, 15) is 14.0 Å². The van der Waals surface area contributed by atoms with Gasteiger partial charge >= 0.3 is 11.8 Å². The average Bonchev–Trinajstić information content (AvgIpc) is 2.81. The molecule has 0 atom stereocenters. The Morgan fingerprint density at radius 1 is 0.970 bits per heavy atom. The van der Waals surface area contributed by atoms with Crippen molar-refractivity contribution in [3.05, 3.63) is 87.7 Å². The van der Waals surface area contributed by atoms with Crippen LogP contribution in [0.5, 0.6) is 11.5 Å². The lowest BCUT2D eigenvalue weighted by molar-refractivity contribution is -0.136. The maximum atomic E-state index is 13.0. The number of rotatable bonds is 7. The minimum atomic E-state index is -0.969. The van der Waals surface area contributed by atoms with E-state index in [4.69, 9.17) is 32.7 Å². The third-order valence-electron chi connectivity index (χ3n) is 4.26. The number of nitrogens with one attached hydrogen (secondary N) is 2. The zero-order valence-electron chi connectivity index (χ0n) is 17.3. The molecule has 3 aromatic rings. The molecule has 0 aliphatic heterocycles. The summed E-state index contributed by atoms with van der Waals surface area (Å²) in [4.78, 5) is 23.9. The van der Waals surface area contributed by atoms with Crippen molar-refractivity contribution in [1.29, 1.82) is 0 Å². The first-order valence-electron chi connectivity index (χ1n) is 9.50. The smallest absolute Gasteiger partial charge is 0.329 e. The second kappa shape index (κ2) is 11.3. The molecule has 170 valence electrons. The first kappa shape index (κ1) is 24.0. The molecule has 0 saturated heterocycles. The van der Waals surface area contributed by atoms with Gasteiger partial charge in [0.15, 0.2) is 11.5 Å². The van der Waals surface area contributed by atoms with E-state index in [1.54, 1.807) is 30.3 Å². The van der Waals surface area contributed by atoms with Crippen LogP contribution in [-0.4, -0.2) is 25.1 Å². The molecule has 0 fully saturated rings. The Bertz CT molecular complexity index is 1190. The van der Waals surface area contributed by atoms with Crippen LogP contribution in [0.3, 0.4) is 0 Å². The largest absolute Gasteiger partial charge is 0.493 e. The molecule has 33 heavy (non-hydrogen) atoms. The van der Waals surface area contributed by atoms with Gasteiger partial charge in [-0.25, -0.2) is 9.82 Å². The SMILES string of the molecule is COc1cc(C=NNC(=O)C(=O)Nc2ccc(Cl)c(Cl)c2)ccc1OCc1ccc(F)cc1. The Hall–Kier alpha value is -3.62. The van der Waals surface area contributed by atoms with Gasteiger partial charge in [-0.3, -0.25) is 9.59 Å². The van der Waals surface area contributed by atoms with E-state index in [2.05, 4.69) is 15.8 Å². The van der Waals surface area contributed by atoms with Gasteiger partial charge in [-0.15, -0.1) is 0 Å². The first-order chi connectivity index (χ1) is 15.9. The molecule has 0 aromatic heterocycles. The third kappa shape index (κ3) is 6.93. The summed E-state index contributed by atoms with van der Waals surface area (Å²) in [6.45, 7) is 0.230. The van der Waals surface area contributed by atoms with Gasteiger partial charge in [0.05, 0.1) is 23.4 Å². The van der Waals surface area contributed by atoms with Gasteiger partial charge in [0.1, 0.15) is 12.4 Å². The Kier molecular flexibility index (Phi) is 8.23. The molecule has 2 N–H and O–H groups in total. The van der Waals surface area contributed by atoms with E-state index in [0.717, 1.165) is 5.56 Å². The van der Waals surface area contributed by atoms with Gasteiger partial charge in [-0.05, 0) is 59.7 Å². The van der Waals surface area contributed by atoms with Gasteiger partial charge < -0.3 is 14.8 Å². The number of halogens is 3. The minimum Gasteiger partial charge on any atom is -0.493 e. The van der Waals surface area contributed by atoms with Crippen LogP contribution in [0.4, 0.5) is 10.1 Å². The fourth-order valence-electron chi connectivity index (χ4n) is 2.60. The quantitative estimate of drug-likeness (QED) is 0.283. The highest BCUT2D eigenvalue weighted by Gasteiger charge is 2.13. The molecule has 7 nitrogen and oxygen atoms in total. The Morgan fingerprint density at radius 2 is 1.73 bits per heavy atom. The van der Waals surface area contributed by atoms with E-state index >= 15 is 0 Å². The fourth-order valence-corrected chi connectivity index (χ4v) is 2.90. The summed E-state index contributed by atoms with van der Waals surface area (Å²) in [6.07, 6.45) is 1.34. The number of hydrogen-bond donors (Lipinski definition) is 2. The fraction of sp³-hybridized carbons (Fsp3) is 0.0870. The van der Waals surface area contributed by atoms with Crippen LogP contribution in [0.25, 0.3) is 0 Å². The molecule has 3 aromatic carbocycles. The third-order valence-corrected chi connectivity index (χ3v) is 5.00. The second-order valence-electron chi connectivity index (χ2n) is 6.61. The van der Waals surface area contributed by atoms with Gasteiger partial charge in [-0.2, -0.15) is 5.10 Å². The molecule has 0 unspecified atom stereocenters. The number of anilines is 1. The van der Waals surface area contributed by atoms with Gasteiger partial charge in [0.25, 0.3) is 0 Å². The normalized spacial score (nSPS) is 10.7. The first-order valence-corrected chi connectivity index (χ1v) is 10.3. The van der Waals surface area contributed by atoms with Crippen LogP contribution in [0.2, 0.25) is 10.0 Å². The number of carbonyl (C=O) groups excluding carboxylic acids is 2. The Balaban J connectivity index is 1.56. The second-order valence-corrected chi connectivity index (χ2v) is 7.42. The zero-order chi connectivity index (χ0) is 23.8. The van der Waals surface area contributed by atoms with Crippen LogP contribution >= 0.6 is 23.2 Å². The maximum absolute atomic E-state index is 13.0. The number of benzene rings is 3. The number of hydrazone groups is 1. The van der Waals surface area contributed by atoms with E-state index in [1.165, 1.54) is 43.7 Å². The highest BCUT2D eigenvalue weighted by molar-refractivity contribution is 6.42. The van der Waals surface area contributed by atoms with Gasteiger partial charge in [-0.1, -0.05) is 35.3 Å². The van der Waals surface area contributed by atoms with Crippen LogP contribution in [0.1, 0.15) is 11.1 Å². The molecule has 2 amide bonds. The summed E-state index contributed by atoms with van der Waals surface area (Å²) in [5.74, 6) is -1.30. The number of ether oxygens (including phenoxy) is 2. The van der Waals surface area contributed by atoms with Crippen molar-refractivity contribution >= 4 is 46.9 Å². The van der Waals surface area contributed by atoms with Gasteiger partial charge in [0, 0.05) is 5.69 Å². The van der Waals surface area contributed by atoms with Crippen molar-refractivity contribution in [3.8, 4) is 11.5 Å². The maximum Gasteiger partial charge on any atom is 0.329 e. The highest BCUT2D eigenvalue weighted by atomic mass is 35.5. The van der Waals surface area contributed by atoms with Crippen LogP contribution in [0.15, 0.2) is 65.8 Å². The molecule has 0 aliphatic carbocycles. The number of methoxy groups -OCH3 is 1. The number of nitrogens with zero attached hydrogens (tertiary/aromatic N) is 1. The van der Waals surface area contributed by atoms with E-state index < -0.39 is 11.8 Å². The Morgan fingerprint density at radius 3 is 2.42 bits per heavy atom. The molecule has 3 rings (SSSR count). The van der Waals surface area contributed by atoms with Crippen LogP contribution < -0.4 is 20.2 Å². The topological polar surface area (TPSA) is 89.0 Å². The van der Waals surface area contributed by atoms with Crippen molar-refractivity contribution in [3.63, 3.8) is 0 Å². The molecule has 0 radical (unpaired) electrons. The number of amides is 2. The van der Waals surface area contributed by atoms with E-state index in [0.29, 0.717) is 27.8 Å². The van der Waals surface area contributed by atoms with Crippen LogP contribution in [0, 0.1) is 5.82 Å². The molecule has 0 heterocycles. The standard InChI is InChI=1S/C23H18Cl2FN3O4/c1-32-21-10-15(4-9-20(21)33-13-14-2-5-16(26)6-3-14)12-27-29-23(31)22(30)28-17-7-8-18(24)19(25)11-17/h2-12H,13H2,1H3,(H,28,30)(H,29,31). The van der Waals surface area contributed by atoms with Crippen molar-refractivity contribution in [2.75, 3.05) is 12.4 Å². The Labute approximate surface area is 199 Å². The molecule has 0 bridgehead atoms. The number of hydrogen-bond acceptors (Lipinski definition) is 5. The molecule has 0 aliphatic rings. The predicted molar refractivity (Wildman–Crippen MR) is 125 cm³/mol. The van der Waals surface area contributed by atoms with E-state index in [1.807, 2.05) is 0 Å². The molecule has 0 spiro atoms. The number of carbonyl (C=O) groups is 2. The van der Waals surface area contributed by atoms with Crippen molar-refractivity contribution in [2.24, 2.45) is 5.10 Å². The molecular formula is C23H18Cl2FN3O4. The zero-order valence-corrected chi connectivity index (χ0v) is 18.8. The summed E-state index contributed by atoms with van der Waals surface area (Å²) in [7, 11) is 1.48. The van der Waals surface area contributed by atoms with Gasteiger partial charge in [0.2, 0.25) is 0 Å². The molecule has 10 heteroatoms. The lowest BCUT2D eigenvalue weighted by Gasteiger charge is -2.11. The van der Waals surface area contributed by atoms with Crippen molar-refractivity contribution in [1.82, 2.24) is 5.43 Å². The summed E-state index contributed by atoms with van der Waals surface area (Å²) >= 11 is 11.7. The summed E-state index contributed by atoms with van der Waals surface area (Å²) in [6, 6.07) is 15.4. The average molecular weight is 490 g/mol. The lowest BCUT2D eigenvalue weighted by atomic mass is 10.2. The van der Waals surface area contributed by atoms with Crippen LogP contribution in [-0.2, 0) is 16.2 Å². The lowest BCUT2D eigenvalue weighted by Crippen LogP contribution is -2.32. The van der Waals surface area contributed by atoms with E-state index in [-0.39, 0.29) is 17.4 Å². The minimum absolute atomic E-state index is 0.230. The monoisotopic (exact) mass is 489 g/mol. The summed E-state index contributed by atoms with van der Waals surface area (Å²) in [5, 5.41) is 6.74. The van der Waals surface area contributed by atoms with Crippen molar-refractivity contribution in [2.45, 2.75) is 6.61 Å². The predicted octanol–water partition coefficient (Wildman–Crippen LogP) is 4.81. The van der Waals surface area contributed by atoms with Crippen molar-refractivity contribution < 1.29 is 23.5 Å². The molecular weight excluding hydrogens is 472 g/mol. The highest BCUT2D eigenvalue weighted by Crippen LogP contribution is 2.28. The summed E-state index contributed by atoms with van der Waals surface area (Å²) in [5.41, 5.74) is 3.84. The summed E-state index contributed by atoms with van der Waals surface area (Å²) < 4.78 is 24.1. The molecule has 0 saturated carbocycles.